The van der Waals surface area contributed by atoms with Crippen LogP contribution in [0.2, 0.25) is 5.02 Å². The van der Waals surface area contributed by atoms with E-state index >= 15 is 0 Å². The Balaban J connectivity index is 1.86. The second-order valence-corrected chi connectivity index (χ2v) is 5.56. The monoisotopic (exact) mass is 314 g/mol. The van der Waals surface area contributed by atoms with Crippen LogP contribution < -0.4 is 10.2 Å². The summed E-state index contributed by atoms with van der Waals surface area (Å²) in [5.41, 5.74) is 1.82. The number of hydrogen-bond donors (Lipinski definition) is 1. The maximum absolute atomic E-state index is 12.5. The number of nitrogens with zero attached hydrogens (tertiary/aromatic N) is 1. The van der Waals surface area contributed by atoms with Gasteiger partial charge < -0.3 is 10.2 Å². The van der Waals surface area contributed by atoms with Crippen LogP contribution >= 0.6 is 11.6 Å². The molecule has 0 atom stereocenters. The number of amides is 2. The molecule has 5 heteroatoms. The molecule has 0 aromatic heterocycles. The van der Waals surface area contributed by atoms with E-state index in [0.717, 1.165) is 6.42 Å². The maximum Gasteiger partial charge on any atom is 0.257 e. The van der Waals surface area contributed by atoms with Crippen molar-refractivity contribution in [3.8, 4) is 0 Å². The molecule has 112 valence electrons. The average Bonchev–Trinajstić information content (AvgIpc) is 2.95. The van der Waals surface area contributed by atoms with Crippen molar-refractivity contribution in [2.45, 2.75) is 12.8 Å². The Hall–Kier alpha value is -2.33. The van der Waals surface area contributed by atoms with Gasteiger partial charge in [0, 0.05) is 23.7 Å². The minimum absolute atomic E-state index is 0.0618. The van der Waals surface area contributed by atoms with Crippen molar-refractivity contribution >= 4 is 34.8 Å². The highest BCUT2D eigenvalue weighted by Crippen LogP contribution is 2.26. The van der Waals surface area contributed by atoms with Gasteiger partial charge >= 0.3 is 0 Å². The quantitative estimate of drug-likeness (QED) is 0.938. The van der Waals surface area contributed by atoms with Crippen molar-refractivity contribution in [3.05, 3.63) is 59.1 Å². The molecule has 0 spiro atoms. The Morgan fingerprint density at radius 1 is 1.09 bits per heavy atom. The van der Waals surface area contributed by atoms with Crippen LogP contribution in [0, 0.1) is 0 Å². The van der Waals surface area contributed by atoms with Crippen LogP contribution in [0.3, 0.4) is 0 Å². The van der Waals surface area contributed by atoms with Crippen molar-refractivity contribution in [2.75, 3.05) is 16.8 Å². The summed E-state index contributed by atoms with van der Waals surface area (Å²) in [6, 6.07) is 14.1. The molecule has 3 rings (SSSR count). The van der Waals surface area contributed by atoms with Crippen molar-refractivity contribution in [2.24, 2.45) is 0 Å². The number of anilines is 2. The Bertz CT molecular complexity index is 713. The highest BCUT2D eigenvalue weighted by Gasteiger charge is 2.25. The van der Waals surface area contributed by atoms with E-state index in [9.17, 15) is 9.59 Å². The summed E-state index contributed by atoms with van der Waals surface area (Å²) in [7, 11) is 0. The SMILES string of the molecule is O=C(Nc1ccc(Cl)cc1)c1ccccc1N1CCCC1=O. The van der Waals surface area contributed by atoms with Gasteiger partial charge in [0.2, 0.25) is 5.91 Å². The normalized spacial score (nSPS) is 14.2. The van der Waals surface area contributed by atoms with E-state index in [2.05, 4.69) is 5.32 Å². The van der Waals surface area contributed by atoms with Crippen LogP contribution in [0.4, 0.5) is 11.4 Å². The molecule has 1 aliphatic heterocycles. The highest BCUT2D eigenvalue weighted by atomic mass is 35.5. The first-order valence-electron chi connectivity index (χ1n) is 7.11. The number of para-hydroxylation sites is 1. The Kier molecular flexibility index (Phi) is 4.11. The fraction of sp³-hybridized carbons (Fsp3) is 0.176. The van der Waals surface area contributed by atoms with Gasteiger partial charge in [-0.1, -0.05) is 23.7 Å². The first kappa shape index (κ1) is 14.6. The molecule has 0 aliphatic carbocycles. The van der Waals surface area contributed by atoms with Gasteiger partial charge in [-0.25, -0.2) is 0 Å². The zero-order valence-electron chi connectivity index (χ0n) is 11.9. The summed E-state index contributed by atoms with van der Waals surface area (Å²) in [6.45, 7) is 0.657. The summed E-state index contributed by atoms with van der Waals surface area (Å²) in [4.78, 5) is 26.1. The minimum Gasteiger partial charge on any atom is -0.322 e. The first-order chi connectivity index (χ1) is 10.6. The van der Waals surface area contributed by atoms with Crippen molar-refractivity contribution in [3.63, 3.8) is 0 Å². The molecule has 0 bridgehead atoms. The van der Waals surface area contributed by atoms with E-state index in [-0.39, 0.29) is 11.8 Å². The van der Waals surface area contributed by atoms with Gasteiger partial charge in [0.15, 0.2) is 0 Å². The minimum atomic E-state index is -0.238. The molecule has 2 aromatic rings. The zero-order valence-corrected chi connectivity index (χ0v) is 12.6. The van der Waals surface area contributed by atoms with E-state index in [4.69, 9.17) is 11.6 Å². The molecule has 1 heterocycles. The van der Waals surface area contributed by atoms with Gasteiger partial charge in [0.25, 0.3) is 5.91 Å². The van der Waals surface area contributed by atoms with Crippen LogP contribution in [0.1, 0.15) is 23.2 Å². The zero-order chi connectivity index (χ0) is 15.5. The molecule has 0 unspecified atom stereocenters. The summed E-state index contributed by atoms with van der Waals surface area (Å²) in [5, 5.41) is 3.44. The molecule has 0 saturated carbocycles. The molecule has 1 aliphatic rings. The van der Waals surface area contributed by atoms with E-state index in [1.54, 1.807) is 47.4 Å². The molecular formula is C17H15ClN2O2. The Morgan fingerprint density at radius 3 is 2.50 bits per heavy atom. The number of rotatable bonds is 3. The average molecular weight is 315 g/mol. The number of hydrogen-bond acceptors (Lipinski definition) is 2. The number of nitrogens with one attached hydrogen (secondary N) is 1. The molecule has 1 fully saturated rings. The van der Waals surface area contributed by atoms with Gasteiger partial charge in [0.1, 0.15) is 0 Å². The molecule has 0 radical (unpaired) electrons. The van der Waals surface area contributed by atoms with E-state index in [1.165, 1.54) is 0 Å². The van der Waals surface area contributed by atoms with Crippen LogP contribution in [0.15, 0.2) is 48.5 Å². The van der Waals surface area contributed by atoms with E-state index in [0.29, 0.717) is 34.9 Å². The summed E-state index contributed by atoms with van der Waals surface area (Å²) in [5.74, 6) is -0.177. The second-order valence-electron chi connectivity index (χ2n) is 5.13. The van der Waals surface area contributed by atoms with Gasteiger partial charge in [-0.2, -0.15) is 0 Å². The lowest BCUT2D eigenvalue weighted by atomic mass is 10.1. The van der Waals surface area contributed by atoms with Crippen molar-refractivity contribution in [1.82, 2.24) is 0 Å². The Morgan fingerprint density at radius 2 is 1.82 bits per heavy atom. The third-order valence-electron chi connectivity index (χ3n) is 3.61. The standard InChI is InChI=1S/C17H15ClN2O2/c18-12-7-9-13(10-8-12)19-17(22)14-4-1-2-5-15(14)20-11-3-6-16(20)21/h1-2,4-5,7-10H,3,6,11H2,(H,19,22). The lowest BCUT2D eigenvalue weighted by Gasteiger charge is -2.19. The first-order valence-corrected chi connectivity index (χ1v) is 7.49. The largest absolute Gasteiger partial charge is 0.322 e. The molecular weight excluding hydrogens is 300 g/mol. The van der Waals surface area contributed by atoms with Crippen molar-refractivity contribution in [1.29, 1.82) is 0 Å². The fourth-order valence-corrected chi connectivity index (χ4v) is 2.66. The molecule has 2 amide bonds. The van der Waals surface area contributed by atoms with Crippen LogP contribution in [0.5, 0.6) is 0 Å². The third kappa shape index (κ3) is 2.97. The van der Waals surface area contributed by atoms with E-state index in [1.807, 2.05) is 6.07 Å². The topological polar surface area (TPSA) is 49.4 Å². The summed E-state index contributed by atoms with van der Waals surface area (Å²) in [6.07, 6.45) is 1.36. The highest BCUT2D eigenvalue weighted by molar-refractivity contribution is 6.30. The molecule has 1 N–H and O–H groups in total. The predicted octanol–water partition coefficient (Wildman–Crippen LogP) is 3.72. The van der Waals surface area contributed by atoms with Gasteiger partial charge in [-0.3, -0.25) is 9.59 Å². The number of halogens is 1. The molecule has 1 saturated heterocycles. The Labute approximate surface area is 133 Å². The molecule has 4 nitrogen and oxygen atoms in total. The number of carbonyl (C=O) groups is 2. The predicted molar refractivity (Wildman–Crippen MR) is 87.4 cm³/mol. The number of benzene rings is 2. The van der Waals surface area contributed by atoms with Crippen LogP contribution in [-0.2, 0) is 4.79 Å². The van der Waals surface area contributed by atoms with Gasteiger partial charge in [-0.15, -0.1) is 0 Å². The third-order valence-corrected chi connectivity index (χ3v) is 3.87. The fourth-order valence-electron chi connectivity index (χ4n) is 2.54. The van der Waals surface area contributed by atoms with Crippen LogP contribution in [0.25, 0.3) is 0 Å². The van der Waals surface area contributed by atoms with Crippen molar-refractivity contribution < 1.29 is 9.59 Å². The lowest BCUT2D eigenvalue weighted by Crippen LogP contribution is -2.27. The maximum atomic E-state index is 12.5. The number of carbonyl (C=O) groups excluding carboxylic acids is 2. The van der Waals surface area contributed by atoms with Gasteiger partial charge in [0.05, 0.1) is 11.3 Å². The molecule has 22 heavy (non-hydrogen) atoms. The van der Waals surface area contributed by atoms with Gasteiger partial charge in [-0.05, 0) is 42.8 Å². The lowest BCUT2D eigenvalue weighted by molar-refractivity contribution is -0.117. The second kappa shape index (κ2) is 6.20. The molecule has 2 aromatic carbocycles. The van der Waals surface area contributed by atoms with E-state index < -0.39 is 0 Å². The summed E-state index contributed by atoms with van der Waals surface area (Å²) >= 11 is 5.84. The van der Waals surface area contributed by atoms with Crippen LogP contribution in [-0.4, -0.2) is 18.4 Å². The summed E-state index contributed by atoms with van der Waals surface area (Å²) < 4.78 is 0. The smallest absolute Gasteiger partial charge is 0.257 e.